The third-order valence-corrected chi connectivity index (χ3v) is 5.25. The normalized spacial score (nSPS) is 13.3. The van der Waals surface area contributed by atoms with Crippen LogP contribution in [0.4, 0.5) is 0 Å². The number of rotatable bonds is 6. The fourth-order valence-electron chi connectivity index (χ4n) is 2.26. The Morgan fingerprint density at radius 3 is 2.45 bits per heavy atom. The van der Waals surface area contributed by atoms with E-state index in [1.54, 1.807) is 25.1 Å². The van der Waals surface area contributed by atoms with E-state index in [9.17, 15) is 8.42 Å². The molecule has 0 unspecified atom stereocenters. The zero-order chi connectivity index (χ0) is 16.3. The van der Waals surface area contributed by atoms with Gasteiger partial charge in [0, 0.05) is 13.7 Å². The molecule has 0 aliphatic rings. The van der Waals surface area contributed by atoms with Crippen LogP contribution in [0.5, 0.6) is 0 Å². The fraction of sp³-hybridized carbons (Fsp3) is 0.375. The molecule has 1 heterocycles. The van der Waals surface area contributed by atoms with Crippen molar-refractivity contribution < 1.29 is 17.6 Å². The lowest BCUT2D eigenvalue weighted by Crippen LogP contribution is -2.29. The highest BCUT2D eigenvalue weighted by molar-refractivity contribution is 7.89. The molecule has 0 amide bonds. The summed E-state index contributed by atoms with van der Waals surface area (Å²) in [6.07, 6.45) is 1.07. The second-order valence-electron chi connectivity index (χ2n) is 5.29. The molecule has 0 spiro atoms. The highest BCUT2D eigenvalue weighted by atomic mass is 32.2. The Hall–Kier alpha value is -1.63. The van der Waals surface area contributed by atoms with Gasteiger partial charge >= 0.3 is 0 Å². The quantitative estimate of drug-likeness (QED) is 0.887. The lowest BCUT2D eigenvalue weighted by molar-refractivity contribution is 0.0878. The fourth-order valence-corrected chi connectivity index (χ4v) is 3.60. The number of hydrogen-bond acceptors (Lipinski definition) is 4. The molecule has 2 rings (SSSR count). The van der Waals surface area contributed by atoms with Gasteiger partial charge in [-0.25, -0.2) is 13.1 Å². The summed E-state index contributed by atoms with van der Waals surface area (Å²) in [6.45, 7) is 5.76. The molecule has 1 N–H and O–H groups in total. The van der Waals surface area contributed by atoms with Crippen molar-refractivity contribution in [3.8, 4) is 0 Å². The topological polar surface area (TPSA) is 68.5 Å². The molecule has 0 fully saturated rings. The average Bonchev–Trinajstić information content (AvgIpc) is 2.97. The minimum absolute atomic E-state index is 0.110. The van der Waals surface area contributed by atoms with Gasteiger partial charge in [0.2, 0.25) is 10.0 Å². The maximum absolute atomic E-state index is 12.5. The van der Waals surface area contributed by atoms with Crippen molar-refractivity contribution in [2.75, 3.05) is 13.7 Å². The van der Waals surface area contributed by atoms with Gasteiger partial charge in [0.05, 0.1) is 11.2 Å². The lowest BCUT2D eigenvalue weighted by Gasteiger charge is -2.16. The van der Waals surface area contributed by atoms with Crippen LogP contribution < -0.4 is 4.72 Å². The van der Waals surface area contributed by atoms with Gasteiger partial charge in [-0.2, -0.15) is 0 Å². The maximum atomic E-state index is 12.5. The molecule has 1 aromatic carbocycles. The van der Waals surface area contributed by atoms with E-state index in [1.165, 1.54) is 13.4 Å². The summed E-state index contributed by atoms with van der Waals surface area (Å²) in [4.78, 5) is 0.296. The summed E-state index contributed by atoms with van der Waals surface area (Å²) >= 11 is 0. The third-order valence-electron chi connectivity index (χ3n) is 3.68. The first-order valence-corrected chi connectivity index (χ1v) is 8.47. The van der Waals surface area contributed by atoms with Gasteiger partial charge in [0.15, 0.2) is 0 Å². The van der Waals surface area contributed by atoms with Gasteiger partial charge in [-0.3, -0.25) is 0 Å². The van der Waals surface area contributed by atoms with Crippen molar-refractivity contribution in [2.45, 2.75) is 31.8 Å². The molecule has 1 aromatic heterocycles. The van der Waals surface area contributed by atoms with Gasteiger partial charge in [-0.1, -0.05) is 6.07 Å². The number of benzene rings is 1. The molecule has 0 radical (unpaired) electrons. The molecule has 1 atom stereocenters. The van der Waals surface area contributed by atoms with Crippen molar-refractivity contribution in [3.05, 3.63) is 53.0 Å². The minimum atomic E-state index is -3.60. The zero-order valence-corrected chi connectivity index (χ0v) is 14.0. The van der Waals surface area contributed by atoms with Crippen LogP contribution in [0.2, 0.25) is 0 Å². The molecule has 2 aromatic rings. The SMILES string of the molecule is CO[C@H](CNS(=O)(=O)c1cc(C)c(C)cc1C)c1ccco1. The molecular weight excluding hydrogens is 302 g/mol. The van der Waals surface area contributed by atoms with Crippen LogP contribution >= 0.6 is 0 Å². The molecule has 0 aliphatic heterocycles. The smallest absolute Gasteiger partial charge is 0.240 e. The van der Waals surface area contributed by atoms with Crippen molar-refractivity contribution in [3.63, 3.8) is 0 Å². The molecule has 0 aliphatic carbocycles. The van der Waals surface area contributed by atoms with E-state index in [2.05, 4.69) is 4.72 Å². The molecular formula is C16H21NO4S. The number of aryl methyl sites for hydroxylation is 3. The Morgan fingerprint density at radius 2 is 1.86 bits per heavy atom. The Labute approximate surface area is 131 Å². The van der Waals surface area contributed by atoms with Crippen molar-refractivity contribution in [2.24, 2.45) is 0 Å². The van der Waals surface area contributed by atoms with E-state index in [0.717, 1.165) is 16.7 Å². The highest BCUT2D eigenvalue weighted by Gasteiger charge is 2.21. The maximum Gasteiger partial charge on any atom is 0.240 e. The number of ether oxygens (including phenoxy) is 1. The number of hydrogen-bond donors (Lipinski definition) is 1. The van der Waals surface area contributed by atoms with Crippen LogP contribution in [0.15, 0.2) is 39.8 Å². The minimum Gasteiger partial charge on any atom is -0.467 e. The van der Waals surface area contributed by atoms with Gasteiger partial charge < -0.3 is 9.15 Å². The number of sulfonamides is 1. The summed E-state index contributed by atoms with van der Waals surface area (Å²) in [5.41, 5.74) is 2.74. The predicted molar refractivity (Wildman–Crippen MR) is 84.3 cm³/mol. The van der Waals surface area contributed by atoms with Gasteiger partial charge in [-0.05, 0) is 55.7 Å². The van der Waals surface area contributed by atoms with Crippen LogP contribution in [0, 0.1) is 20.8 Å². The van der Waals surface area contributed by atoms with Gasteiger partial charge in [0.1, 0.15) is 11.9 Å². The summed E-state index contributed by atoms with van der Waals surface area (Å²) in [5, 5.41) is 0. The molecule has 22 heavy (non-hydrogen) atoms. The first-order valence-electron chi connectivity index (χ1n) is 6.99. The molecule has 0 saturated heterocycles. The first kappa shape index (κ1) is 16.7. The largest absolute Gasteiger partial charge is 0.467 e. The molecule has 5 nitrogen and oxygen atoms in total. The number of furan rings is 1. The van der Waals surface area contributed by atoms with E-state index in [4.69, 9.17) is 9.15 Å². The van der Waals surface area contributed by atoms with Crippen LogP contribution in [0.3, 0.4) is 0 Å². The van der Waals surface area contributed by atoms with Crippen LogP contribution in [-0.4, -0.2) is 22.1 Å². The van der Waals surface area contributed by atoms with Crippen molar-refractivity contribution in [1.29, 1.82) is 0 Å². The number of nitrogens with one attached hydrogen (secondary N) is 1. The Bertz CT molecular complexity index is 736. The standard InChI is InChI=1S/C16H21NO4S/c1-11-8-13(3)16(9-12(11)2)22(18,19)17-10-15(20-4)14-6-5-7-21-14/h5-9,15,17H,10H2,1-4H3/t15-/m1/s1. The Morgan fingerprint density at radius 1 is 1.18 bits per heavy atom. The Kier molecular flexibility index (Phi) is 5.05. The van der Waals surface area contributed by atoms with Gasteiger partial charge in [-0.15, -0.1) is 0 Å². The van der Waals surface area contributed by atoms with Crippen LogP contribution in [0.1, 0.15) is 28.6 Å². The van der Waals surface area contributed by atoms with Crippen molar-refractivity contribution in [1.82, 2.24) is 4.72 Å². The molecule has 6 heteroatoms. The van der Waals surface area contributed by atoms with Crippen molar-refractivity contribution >= 4 is 10.0 Å². The molecule has 120 valence electrons. The lowest BCUT2D eigenvalue weighted by atomic mass is 10.1. The van der Waals surface area contributed by atoms with E-state index in [0.29, 0.717) is 10.7 Å². The number of methoxy groups -OCH3 is 1. The summed E-state index contributed by atoms with van der Waals surface area (Å²) < 4.78 is 38.1. The van der Waals surface area contributed by atoms with E-state index < -0.39 is 16.1 Å². The molecule has 0 saturated carbocycles. The van der Waals surface area contributed by atoms with E-state index >= 15 is 0 Å². The second-order valence-corrected chi connectivity index (χ2v) is 7.03. The predicted octanol–water partition coefficient (Wildman–Crippen LogP) is 2.87. The van der Waals surface area contributed by atoms with Crippen LogP contribution in [-0.2, 0) is 14.8 Å². The van der Waals surface area contributed by atoms with E-state index in [-0.39, 0.29) is 6.54 Å². The summed E-state index contributed by atoms with van der Waals surface area (Å²) in [5.74, 6) is 0.585. The second kappa shape index (κ2) is 6.64. The third kappa shape index (κ3) is 3.58. The summed E-state index contributed by atoms with van der Waals surface area (Å²) in [6, 6.07) is 7.07. The van der Waals surface area contributed by atoms with E-state index in [1.807, 2.05) is 19.9 Å². The van der Waals surface area contributed by atoms with Crippen LogP contribution in [0.25, 0.3) is 0 Å². The molecule has 0 bridgehead atoms. The first-order chi connectivity index (χ1) is 10.3. The Balaban J connectivity index is 2.19. The zero-order valence-electron chi connectivity index (χ0n) is 13.2. The monoisotopic (exact) mass is 323 g/mol. The van der Waals surface area contributed by atoms with Gasteiger partial charge in [0.25, 0.3) is 0 Å². The average molecular weight is 323 g/mol. The highest BCUT2D eigenvalue weighted by Crippen LogP contribution is 2.21. The summed E-state index contributed by atoms with van der Waals surface area (Å²) in [7, 11) is -2.08.